The molecule has 0 fully saturated rings. The summed E-state index contributed by atoms with van der Waals surface area (Å²) in [6.45, 7) is 5.01. The molecular weight excluding hydrogens is 338 g/mol. The maximum absolute atomic E-state index is 12.3. The zero-order chi connectivity index (χ0) is 18.2. The third-order valence-corrected chi connectivity index (χ3v) is 4.55. The number of aryl methyl sites for hydroxylation is 1. The number of nitrogens with zero attached hydrogens (tertiary/aromatic N) is 1. The first-order valence-corrected chi connectivity index (χ1v) is 8.92. The van der Waals surface area contributed by atoms with Crippen molar-refractivity contribution in [3.05, 3.63) is 46.2 Å². The van der Waals surface area contributed by atoms with E-state index in [0.29, 0.717) is 24.5 Å². The molecule has 2 aromatic rings. The normalized spacial score (nSPS) is 10.2. The molecule has 0 aliphatic rings. The number of hydrogen-bond donors (Lipinski definition) is 2. The van der Waals surface area contributed by atoms with Crippen LogP contribution in [-0.4, -0.2) is 37.0 Å². The van der Waals surface area contributed by atoms with Gasteiger partial charge < -0.3 is 20.3 Å². The summed E-state index contributed by atoms with van der Waals surface area (Å²) in [7, 11) is 1.76. The van der Waals surface area contributed by atoms with Crippen LogP contribution in [0.5, 0.6) is 5.75 Å². The smallest absolute Gasteiger partial charge is 0.321 e. The lowest BCUT2D eigenvalue weighted by atomic mass is 10.3. The molecule has 0 bridgehead atoms. The maximum Gasteiger partial charge on any atom is 0.321 e. The van der Waals surface area contributed by atoms with Gasteiger partial charge in [0, 0.05) is 24.2 Å². The molecule has 3 amide bonds. The molecule has 1 aromatic heterocycles. The first kappa shape index (κ1) is 18.8. The standard InChI is InChI=1S/C18H23N3O3S/c1-4-19-17(22)12-24-15-7-5-14(6-8-15)20-18(23)21(3)11-16-13(2)9-10-25-16/h5-10H,4,11-12H2,1-3H3,(H,19,22)(H,20,23). The van der Waals surface area contributed by atoms with Crippen molar-refractivity contribution < 1.29 is 14.3 Å². The first-order valence-electron chi connectivity index (χ1n) is 8.04. The Kier molecular flexibility index (Phi) is 6.82. The van der Waals surface area contributed by atoms with E-state index in [1.54, 1.807) is 47.5 Å². The van der Waals surface area contributed by atoms with E-state index in [4.69, 9.17) is 4.74 Å². The number of rotatable bonds is 7. The van der Waals surface area contributed by atoms with E-state index in [1.165, 1.54) is 10.4 Å². The molecule has 0 radical (unpaired) electrons. The van der Waals surface area contributed by atoms with E-state index >= 15 is 0 Å². The molecular formula is C18H23N3O3S. The van der Waals surface area contributed by atoms with Gasteiger partial charge in [-0.3, -0.25) is 4.79 Å². The Labute approximate surface area is 151 Å². The van der Waals surface area contributed by atoms with Gasteiger partial charge in [-0.1, -0.05) is 0 Å². The predicted octanol–water partition coefficient (Wildman–Crippen LogP) is 3.24. The molecule has 25 heavy (non-hydrogen) atoms. The molecule has 2 rings (SSSR count). The van der Waals surface area contributed by atoms with Gasteiger partial charge in [-0.25, -0.2) is 4.79 Å². The molecule has 0 saturated carbocycles. The molecule has 134 valence electrons. The van der Waals surface area contributed by atoms with Crippen molar-refractivity contribution in [1.82, 2.24) is 10.2 Å². The molecule has 0 unspecified atom stereocenters. The SMILES string of the molecule is CCNC(=O)COc1ccc(NC(=O)N(C)Cc2sccc2C)cc1. The number of hydrogen-bond acceptors (Lipinski definition) is 4. The molecule has 0 aliphatic carbocycles. The molecule has 0 spiro atoms. The van der Waals surface area contributed by atoms with E-state index < -0.39 is 0 Å². The topological polar surface area (TPSA) is 70.7 Å². The highest BCUT2D eigenvalue weighted by molar-refractivity contribution is 7.10. The summed E-state index contributed by atoms with van der Waals surface area (Å²) in [6, 6.07) is 8.80. The summed E-state index contributed by atoms with van der Waals surface area (Å²) in [5, 5.41) is 7.53. The Morgan fingerprint density at radius 2 is 1.92 bits per heavy atom. The quantitative estimate of drug-likeness (QED) is 0.795. The van der Waals surface area contributed by atoms with Crippen molar-refractivity contribution in [3.8, 4) is 5.75 Å². The third kappa shape index (κ3) is 5.79. The largest absolute Gasteiger partial charge is 0.484 e. The summed E-state index contributed by atoms with van der Waals surface area (Å²) in [5.74, 6) is 0.414. The zero-order valence-corrected chi connectivity index (χ0v) is 15.5. The maximum atomic E-state index is 12.3. The Morgan fingerprint density at radius 1 is 1.20 bits per heavy atom. The minimum atomic E-state index is -0.177. The van der Waals surface area contributed by atoms with Gasteiger partial charge in [-0.05, 0) is 55.1 Å². The fourth-order valence-corrected chi connectivity index (χ4v) is 3.06. The molecule has 7 heteroatoms. The van der Waals surface area contributed by atoms with Crippen molar-refractivity contribution in [3.63, 3.8) is 0 Å². The number of carbonyl (C=O) groups excluding carboxylic acids is 2. The van der Waals surface area contributed by atoms with Crippen LogP contribution < -0.4 is 15.4 Å². The number of anilines is 1. The van der Waals surface area contributed by atoms with Crippen LogP contribution in [0.3, 0.4) is 0 Å². The zero-order valence-electron chi connectivity index (χ0n) is 14.7. The summed E-state index contributed by atoms with van der Waals surface area (Å²) in [5.41, 5.74) is 1.86. The van der Waals surface area contributed by atoms with Crippen LogP contribution in [0.25, 0.3) is 0 Å². The van der Waals surface area contributed by atoms with Crippen LogP contribution in [0.4, 0.5) is 10.5 Å². The van der Waals surface area contributed by atoms with Gasteiger partial charge in [0.25, 0.3) is 5.91 Å². The van der Waals surface area contributed by atoms with Gasteiger partial charge in [-0.2, -0.15) is 0 Å². The summed E-state index contributed by atoms with van der Waals surface area (Å²) in [4.78, 5) is 26.4. The highest BCUT2D eigenvalue weighted by Gasteiger charge is 2.11. The molecule has 0 atom stereocenters. The van der Waals surface area contributed by atoms with Crippen molar-refractivity contribution in [1.29, 1.82) is 0 Å². The van der Waals surface area contributed by atoms with E-state index in [-0.39, 0.29) is 18.5 Å². The van der Waals surface area contributed by atoms with Crippen molar-refractivity contribution in [2.24, 2.45) is 0 Å². The monoisotopic (exact) mass is 361 g/mol. The third-order valence-electron chi connectivity index (χ3n) is 3.55. The summed E-state index contributed by atoms with van der Waals surface area (Å²) < 4.78 is 5.38. The summed E-state index contributed by atoms with van der Waals surface area (Å²) in [6.07, 6.45) is 0. The number of benzene rings is 1. The Bertz CT molecular complexity index is 713. The van der Waals surface area contributed by atoms with Gasteiger partial charge in [0.15, 0.2) is 6.61 Å². The molecule has 0 aliphatic heterocycles. The van der Waals surface area contributed by atoms with Crippen LogP contribution in [0, 0.1) is 6.92 Å². The molecule has 6 nitrogen and oxygen atoms in total. The first-order chi connectivity index (χ1) is 12.0. The Hall–Kier alpha value is -2.54. The molecule has 0 saturated heterocycles. The second kappa shape index (κ2) is 9.08. The van der Waals surface area contributed by atoms with Gasteiger partial charge in [0.1, 0.15) is 5.75 Å². The number of likely N-dealkylation sites (N-methyl/N-ethyl adjacent to an activating group) is 1. The number of thiophene rings is 1. The van der Waals surface area contributed by atoms with E-state index in [2.05, 4.69) is 10.6 Å². The average molecular weight is 361 g/mol. The number of ether oxygens (including phenoxy) is 1. The number of carbonyl (C=O) groups is 2. The lowest BCUT2D eigenvalue weighted by molar-refractivity contribution is -0.122. The fraction of sp³-hybridized carbons (Fsp3) is 0.333. The van der Waals surface area contributed by atoms with Gasteiger partial charge in [0.2, 0.25) is 0 Å². The van der Waals surface area contributed by atoms with Gasteiger partial charge in [0.05, 0.1) is 6.54 Å². The fourth-order valence-electron chi connectivity index (χ4n) is 2.10. The predicted molar refractivity (Wildman–Crippen MR) is 100 cm³/mol. The highest BCUT2D eigenvalue weighted by Crippen LogP contribution is 2.19. The highest BCUT2D eigenvalue weighted by atomic mass is 32.1. The number of amides is 3. The molecule has 1 heterocycles. The van der Waals surface area contributed by atoms with Crippen LogP contribution in [-0.2, 0) is 11.3 Å². The Morgan fingerprint density at radius 3 is 2.52 bits per heavy atom. The second-order valence-electron chi connectivity index (χ2n) is 5.58. The summed E-state index contributed by atoms with van der Waals surface area (Å²) >= 11 is 1.64. The van der Waals surface area contributed by atoms with Crippen molar-refractivity contribution >= 4 is 29.0 Å². The minimum Gasteiger partial charge on any atom is -0.484 e. The Balaban J connectivity index is 1.84. The second-order valence-corrected chi connectivity index (χ2v) is 6.58. The number of nitrogens with one attached hydrogen (secondary N) is 2. The number of urea groups is 1. The van der Waals surface area contributed by atoms with E-state index in [1.807, 2.05) is 25.3 Å². The lowest BCUT2D eigenvalue weighted by Crippen LogP contribution is -2.30. The van der Waals surface area contributed by atoms with Crippen molar-refractivity contribution in [2.45, 2.75) is 20.4 Å². The van der Waals surface area contributed by atoms with Crippen LogP contribution in [0.1, 0.15) is 17.4 Å². The van der Waals surface area contributed by atoms with Gasteiger partial charge in [-0.15, -0.1) is 11.3 Å². The minimum absolute atomic E-state index is 0.0253. The van der Waals surface area contributed by atoms with Crippen LogP contribution in [0.15, 0.2) is 35.7 Å². The van der Waals surface area contributed by atoms with Crippen molar-refractivity contribution in [2.75, 3.05) is 25.5 Å². The van der Waals surface area contributed by atoms with Gasteiger partial charge >= 0.3 is 6.03 Å². The van der Waals surface area contributed by atoms with Crippen LogP contribution in [0.2, 0.25) is 0 Å². The van der Waals surface area contributed by atoms with E-state index in [0.717, 1.165) is 0 Å². The van der Waals surface area contributed by atoms with Crippen LogP contribution >= 0.6 is 11.3 Å². The van der Waals surface area contributed by atoms with E-state index in [9.17, 15) is 9.59 Å². The average Bonchev–Trinajstić information content (AvgIpc) is 2.99. The molecule has 2 N–H and O–H groups in total. The lowest BCUT2D eigenvalue weighted by Gasteiger charge is -2.18. The molecule has 1 aromatic carbocycles.